The Kier molecular flexibility index (Phi) is 11.4. The Balaban J connectivity index is 0. The number of carbonyl (C=O) groups is 1. The minimum Gasteiger partial charge on any atom is -0.478 e. The number of aliphatic carboxylic acids is 1. The standard InChI is InChI=1S/C8H7.C3H4O2.Na/c1-2-8-6-4-3-5-7-8;1-2-3(4)5;/h1-7H;2H,1H2,(H,4,5);/q-1;;+1. The van der Waals surface area contributed by atoms with Gasteiger partial charge in [0.1, 0.15) is 0 Å². The Bertz CT molecular complexity index is 281. The summed E-state index contributed by atoms with van der Waals surface area (Å²) in [7, 11) is 0. The molecular formula is C11H11NaO2. The van der Waals surface area contributed by atoms with Crippen LogP contribution in [-0.4, -0.2) is 11.1 Å². The smallest absolute Gasteiger partial charge is 0.478 e. The molecule has 0 aromatic heterocycles. The van der Waals surface area contributed by atoms with Crippen LogP contribution in [0.25, 0.3) is 6.08 Å². The zero-order chi connectivity index (χ0) is 10.1. The maximum atomic E-state index is 9.25. The predicted octanol–water partition coefficient (Wildman–Crippen LogP) is -0.606. The van der Waals surface area contributed by atoms with Crippen LogP contribution in [0, 0.1) is 6.58 Å². The summed E-state index contributed by atoms with van der Waals surface area (Å²) in [4.78, 5) is 9.25. The summed E-state index contributed by atoms with van der Waals surface area (Å²) in [6, 6.07) is 9.80. The van der Waals surface area contributed by atoms with Gasteiger partial charge in [0.2, 0.25) is 0 Å². The van der Waals surface area contributed by atoms with Gasteiger partial charge < -0.3 is 5.11 Å². The second-order valence-electron chi connectivity index (χ2n) is 2.12. The minimum absolute atomic E-state index is 0. The van der Waals surface area contributed by atoms with Crippen LogP contribution in [0.3, 0.4) is 0 Å². The SMILES string of the molecule is C=CC(=O)O.[CH-]=Cc1ccccc1.[Na+]. The molecule has 1 aromatic carbocycles. The molecule has 0 heterocycles. The third-order valence-electron chi connectivity index (χ3n) is 1.17. The molecule has 1 aromatic rings. The van der Waals surface area contributed by atoms with E-state index in [1.807, 2.05) is 30.3 Å². The van der Waals surface area contributed by atoms with E-state index in [0.717, 1.165) is 11.6 Å². The molecule has 1 N–H and O–H groups in total. The molecule has 0 radical (unpaired) electrons. The molecule has 0 aliphatic heterocycles. The molecule has 3 heteroatoms. The first-order valence-corrected chi connectivity index (χ1v) is 3.66. The van der Waals surface area contributed by atoms with Gasteiger partial charge in [0.05, 0.1) is 0 Å². The van der Waals surface area contributed by atoms with Gasteiger partial charge in [0.25, 0.3) is 0 Å². The van der Waals surface area contributed by atoms with Gasteiger partial charge in [-0.15, -0.1) is 12.1 Å². The quantitative estimate of drug-likeness (QED) is 0.391. The minimum atomic E-state index is -0.981. The maximum Gasteiger partial charge on any atom is 1.00 e. The van der Waals surface area contributed by atoms with Crippen LogP contribution in [0.4, 0.5) is 0 Å². The van der Waals surface area contributed by atoms with Crippen molar-refractivity contribution in [3.05, 3.63) is 55.1 Å². The van der Waals surface area contributed by atoms with Crippen molar-refractivity contribution in [3.63, 3.8) is 0 Å². The van der Waals surface area contributed by atoms with Crippen LogP contribution in [0.2, 0.25) is 0 Å². The summed E-state index contributed by atoms with van der Waals surface area (Å²) in [6.45, 7) is 8.19. The summed E-state index contributed by atoms with van der Waals surface area (Å²) >= 11 is 0. The van der Waals surface area contributed by atoms with Crippen molar-refractivity contribution in [2.24, 2.45) is 0 Å². The fraction of sp³-hybridized carbons (Fsp3) is 0. The fourth-order valence-electron chi connectivity index (χ4n) is 0.564. The van der Waals surface area contributed by atoms with Gasteiger partial charge in [0.15, 0.2) is 0 Å². The summed E-state index contributed by atoms with van der Waals surface area (Å²) in [5.74, 6) is -0.981. The molecule has 0 fully saturated rings. The average molecular weight is 198 g/mol. The molecule has 1 rings (SSSR count). The normalized spacial score (nSPS) is 7.14. The van der Waals surface area contributed by atoms with Crippen molar-refractivity contribution in [2.45, 2.75) is 0 Å². The van der Waals surface area contributed by atoms with Crippen LogP contribution in [-0.2, 0) is 4.79 Å². The van der Waals surface area contributed by atoms with Crippen LogP contribution in [0.5, 0.6) is 0 Å². The molecule has 0 aliphatic rings. The molecule has 14 heavy (non-hydrogen) atoms. The topological polar surface area (TPSA) is 37.3 Å². The Morgan fingerprint density at radius 3 is 2.00 bits per heavy atom. The maximum absolute atomic E-state index is 9.25. The van der Waals surface area contributed by atoms with Crippen LogP contribution >= 0.6 is 0 Å². The first-order valence-electron chi connectivity index (χ1n) is 3.66. The second kappa shape index (κ2) is 10.3. The number of carboxylic acids is 1. The van der Waals surface area contributed by atoms with Crippen LogP contribution in [0.15, 0.2) is 43.0 Å². The van der Waals surface area contributed by atoms with Crippen molar-refractivity contribution in [1.29, 1.82) is 0 Å². The third kappa shape index (κ3) is 9.26. The van der Waals surface area contributed by atoms with Crippen molar-refractivity contribution in [2.75, 3.05) is 0 Å². The van der Waals surface area contributed by atoms with E-state index < -0.39 is 5.97 Å². The predicted molar refractivity (Wildman–Crippen MR) is 53.0 cm³/mol. The molecule has 0 amide bonds. The first-order chi connectivity index (χ1) is 6.20. The van der Waals surface area contributed by atoms with Gasteiger partial charge in [-0.1, -0.05) is 24.8 Å². The Morgan fingerprint density at radius 2 is 1.79 bits per heavy atom. The summed E-state index contributed by atoms with van der Waals surface area (Å²) in [5, 5.41) is 7.60. The van der Waals surface area contributed by atoms with E-state index in [1.54, 1.807) is 6.08 Å². The van der Waals surface area contributed by atoms with Gasteiger partial charge in [-0.2, -0.15) is 5.56 Å². The van der Waals surface area contributed by atoms with Crippen molar-refractivity contribution < 1.29 is 39.5 Å². The third-order valence-corrected chi connectivity index (χ3v) is 1.17. The summed E-state index contributed by atoms with van der Waals surface area (Å²) in [6.07, 6.45) is 2.42. The van der Waals surface area contributed by atoms with Gasteiger partial charge >= 0.3 is 35.5 Å². The van der Waals surface area contributed by atoms with E-state index in [4.69, 9.17) is 11.7 Å². The van der Waals surface area contributed by atoms with E-state index in [-0.39, 0.29) is 29.6 Å². The second-order valence-corrected chi connectivity index (χ2v) is 2.12. The Hall–Kier alpha value is -0.830. The van der Waals surface area contributed by atoms with E-state index in [1.165, 1.54) is 0 Å². The Labute approximate surface area is 106 Å². The molecule has 0 unspecified atom stereocenters. The monoisotopic (exact) mass is 198 g/mol. The van der Waals surface area contributed by atoms with E-state index in [0.29, 0.717) is 0 Å². The van der Waals surface area contributed by atoms with Gasteiger partial charge in [0, 0.05) is 6.08 Å². The Morgan fingerprint density at radius 1 is 1.36 bits per heavy atom. The van der Waals surface area contributed by atoms with Gasteiger partial charge in [-0.3, -0.25) is 6.58 Å². The summed E-state index contributed by atoms with van der Waals surface area (Å²) < 4.78 is 0. The van der Waals surface area contributed by atoms with Crippen molar-refractivity contribution >= 4 is 12.0 Å². The first kappa shape index (κ1) is 15.6. The zero-order valence-electron chi connectivity index (χ0n) is 8.18. The molecule has 68 valence electrons. The molecule has 0 bridgehead atoms. The van der Waals surface area contributed by atoms with E-state index in [9.17, 15) is 4.79 Å². The molecule has 0 saturated carbocycles. The number of hydrogen-bond acceptors (Lipinski definition) is 1. The number of hydrogen-bond donors (Lipinski definition) is 1. The van der Waals surface area contributed by atoms with Crippen molar-refractivity contribution in [3.8, 4) is 0 Å². The molecule has 0 atom stereocenters. The fourth-order valence-corrected chi connectivity index (χ4v) is 0.564. The number of benzene rings is 1. The van der Waals surface area contributed by atoms with E-state index in [2.05, 4.69) is 6.58 Å². The molecular weight excluding hydrogens is 187 g/mol. The molecule has 0 saturated heterocycles. The molecule has 0 aliphatic carbocycles. The van der Waals surface area contributed by atoms with Gasteiger partial charge in [-0.25, -0.2) is 10.9 Å². The molecule has 0 spiro atoms. The number of carboxylic acid groups (broad SMARTS) is 1. The van der Waals surface area contributed by atoms with Crippen LogP contribution in [0.1, 0.15) is 5.56 Å². The van der Waals surface area contributed by atoms with Crippen LogP contribution < -0.4 is 29.6 Å². The molecule has 2 nitrogen and oxygen atoms in total. The average Bonchev–Trinajstić information content (AvgIpc) is 2.20. The number of rotatable bonds is 2. The van der Waals surface area contributed by atoms with E-state index >= 15 is 0 Å². The summed E-state index contributed by atoms with van der Waals surface area (Å²) in [5.41, 5.74) is 1.06. The largest absolute Gasteiger partial charge is 1.00 e. The zero-order valence-corrected chi connectivity index (χ0v) is 10.2. The van der Waals surface area contributed by atoms with Crippen molar-refractivity contribution in [1.82, 2.24) is 0 Å². The van der Waals surface area contributed by atoms with Gasteiger partial charge in [-0.05, 0) is 0 Å².